The van der Waals surface area contributed by atoms with E-state index in [1.54, 1.807) is 18.5 Å². The van der Waals surface area contributed by atoms with Gasteiger partial charge in [0.2, 0.25) is 0 Å². The van der Waals surface area contributed by atoms with E-state index in [-0.39, 0.29) is 0 Å². The van der Waals surface area contributed by atoms with Crippen molar-refractivity contribution in [1.82, 2.24) is 0 Å². The molecule has 3 rings (SSSR count). The molecule has 2 heteroatoms. The minimum atomic E-state index is -1.19. The van der Waals surface area contributed by atoms with Gasteiger partial charge in [-0.1, -0.05) is 81.4 Å². The molecule has 0 bridgehead atoms. The van der Waals surface area contributed by atoms with Crippen molar-refractivity contribution in [2.24, 2.45) is 0 Å². The molecule has 104 valence electrons. The molecule has 2 aromatic carbocycles. The Labute approximate surface area is 124 Å². The standard InChI is InChI=1S/C18H22P2/c1-2-10-16-20(19-15-9-1,17-11-5-3-6-12-17)18-13-7-4-8-14-18/h3-8,11-14H,1-2,9-10,15-16H2. The molecule has 0 radical (unpaired) electrons. The highest BCUT2D eigenvalue weighted by molar-refractivity contribution is 8.13. The van der Waals surface area contributed by atoms with Gasteiger partial charge in [-0.3, -0.25) is 0 Å². The van der Waals surface area contributed by atoms with Crippen molar-refractivity contribution in [3.8, 4) is 0 Å². The van der Waals surface area contributed by atoms with E-state index >= 15 is 0 Å². The van der Waals surface area contributed by atoms with Crippen molar-refractivity contribution in [3.63, 3.8) is 0 Å². The second kappa shape index (κ2) is 6.75. The first kappa shape index (κ1) is 14.1. The highest BCUT2D eigenvalue weighted by Crippen LogP contribution is 2.56. The quantitative estimate of drug-likeness (QED) is 0.678. The van der Waals surface area contributed by atoms with Crippen LogP contribution in [0.25, 0.3) is 0 Å². The molecule has 0 amide bonds. The fraction of sp³-hybridized carbons (Fsp3) is 0.333. The predicted octanol–water partition coefficient (Wildman–Crippen LogP) is 5.09. The van der Waals surface area contributed by atoms with Crippen LogP contribution in [0.3, 0.4) is 0 Å². The smallest absolute Gasteiger partial charge is 0.0102 e. The van der Waals surface area contributed by atoms with Crippen LogP contribution in [0.15, 0.2) is 60.7 Å². The van der Waals surface area contributed by atoms with Crippen LogP contribution < -0.4 is 10.6 Å². The second-order valence-electron chi connectivity index (χ2n) is 5.44. The highest BCUT2D eigenvalue weighted by atomic mass is 31.8. The zero-order valence-electron chi connectivity index (χ0n) is 11.9. The number of benzene rings is 2. The molecule has 0 atom stereocenters. The lowest BCUT2D eigenvalue weighted by atomic mass is 10.2. The molecular weight excluding hydrogens is 278 g/mol. The Bertz CT molecular complexity index is 544. The van der Waals surface area contributed by atoms with Crippen molar-refractivity contribution >= 4 is 25.0 Å². The van der Waals surface area contributed by atoms with Crippen LogP contribution in [0, 0.1) is 0 Å². The van der Waals surface area contributed by atoms with Crippen LogP contribution in [0.5, 0.6) is 0 Å². The summed E-state index contributed by atoms with van der Waals surface area (Å²) >= 11 is 0. The third-order valence-electron chi connectivity index (χ3n) is 4.10. The average Bonchev–Trinajstić information content (AvgIpc) is 2.49. The molecular formula is C18H22P2. The summed E-state index contributed by atoms with van der Waals surface area (Å²) in [5, 5.41) is 3.21. The average molecular weight is 300 g/mol. The summed E-state index contributed by atoms with van der Waals surface area (Å²) in [4.78, 5) is 0. The van der Waals surface area contributed by atoms with Crippen molar-refractivity contribution in [2.75, 3.05) is 12.3 Å². The maximum atomic E-state index is 2.37. The Morgan fingerprint density at radius 1 is 0.650 bits per heavy atom. The van der Waals surface area contributed by atoms with Crippen LogP contribution in [-0.2, 0) is 0 Å². The van der Waals surface area contributed by atoms with Crippen LogP contribution in [0.1, 0.15) is 25.7 Å². The summed E-state index contributed by atoms with van der Waals surface area (Å²) in [6.07, 6.45) is 8.40. The van der Waals surface area contributed by atoms with E-state index in [4.69, 9.17) is 0 Å². The monoisotopic (exact) mass is 300 g/mol. The van der Waals surface area contributed by atoms with E-state index in [0.29, 0.717) is 0 Å². The van der Waals surface area contributed by atoms with Gasteiger partial charge in [0, 0.05) is 0 Å². The van der Waals surface area contributed by atoms with Gasteiger partial charge in [0.25, 0.3) is 0 Å². The first-order valence-electron chi connectivity index (χ1n) is 7.60. The minimum Gasteiger partial charge on any atom is -0.0993 e. The van der Waals surface area contributed by atoms with Crippen molar-refractivity contribution < 1.29 is 0 Å². The zero-order valence-corrected chi connectivity index (χ0v) is 13.7. The lowest BCUT2D eigenvalue weighted by molar-refractivity contribution is 0.708. The van der Waals surface area contributed by atoms with Crippen molar-refractivity contribution in [2.45, 2.75) is 25.7 Å². The number of hydrogen-bond acceptors (Lipinski definition) is 0. The molecule has 1 aliphatic rings. The molecule has 1 heterocycles. The highest BCUT2D eigenvalue weighted by Gasteiger charge is 2.23. The maximum absolute atomic E-state index is 2.37. The van der Waals surface area contributed by atoms with E-state index in [1.165, 1.54) is 38.0 Å². The van der Waals surface area contributed by atoms with Gasteiger partial charge >= 0.3 is 0 Å². The summed E-state index contributed by atoms with van der Waals surface area (Å²) in [5.41, 5.74) is 0. The molecule has 0 fully saturated rings. The SMILES string of the molecule is c1ccc(P2(c3ccccc3)=PCCCCCC2)cc1. The molecule has 0 saturated carbocycles. The molecule has 0 spiro atoms. The van der Waals surface area contributed by atoms with E-state index in [9.17, 15) is 0 Å². The predicted molar refractivity (Wildman–Crippen MR) is 94.2 cm³/mol. The summed E-state index contributed by atoms with van der Waals surface area (Å²) in [6.45, 7) is -1.19. The molecule has 20 heavy (non-hydrogen) atoms. The summed E-state index contributed by atoms with van der Waals surface area (Å²) < 4.78 is 0. The summed E-state index contributed by atoms with van der Waals surface area (Å²) in [6, 6.07) is 22.6. The number of hydrogen-bond donors (Lipinski definition) is 0. The fourth-order valence-electron chi connectivity index (χ4n) is 3.04. The van der Waals surface area contributed by atoms with Crippen LogP contribution >= 0.6 is 14.4 Å². The summed E-state index contributed by atoms with van der Waals surface area (Å²) in [5.74, 6) is 0. The second-order valence-corrected chi connectivity index (χ2v) is 12.1. The topological polar surface area (TPSA) is 0 Å². The third-order valence-corrected chi connectivity index (χ3v) is 12.4. The first-order valence-corrected chi connectivity index (χ1v) is 11.4. The Balaban J connectivity index is 2.16. The largest absolute Gasteiger partial charge is 0.0993 e. The molecule has 1 aliphatic heterocycles. The Morgan fingerprint density at radius 3 is 1.80 bits per heavy atom. The van der Waals surface area contributed by atoms with Crippen molar-refractivity contribution in [3.05, 3.63) is 60.7 Å². The lowest BCUT2D eigenvalue weighted by Gasteiger charge is -2.28. The van der Waals surface area contributed by atoms with Crippen LogP contribution in [-0.4, -0.2) is 12.3 Å². The first-order chi connectivity index (χ1) is 9.92. The Morgan fingerprint density at radius 2 is 1.20 bits per heavy atom. The van der Waals surface area contributed by atoms with Gasteiger partial charge in [0.15, 0.2) is 0 Å². The molecule has 0 aromatic heterocycles. The normalized spacial score (nSPS) is 19.4. The van der Waals surface area contributed by atoms with Gasteiger partial charge in [-0.05, 0) is 42.3 Å². The van der Waals surface area contributed by atoms with Crippen molar-refractivity contribution in [1.29, 1.82) is 0 Å². The minimum absolute atomic E-state index is 1.19. The van der Waals surface area contributed by atoms with E-state index in [2.05, 4.69) is 60.7 Å². The Hall–Kier alpha value is -0.830. The number of rotatable bonds is 2. The van der Waals surface area contributed by atoms with Gasteiger partial charge < -0.3 is 0 Å². The molecule has 0 nitrogen and oxygen atoms in total. The van der Waals surface area contributed by atoms with E-state index in [0.717, 1.165) is 0 Å². The summed E-state index contributed by atoms with van der Waals surface area (Å²) in [7, 11) is 1.69. The van der Waals surface area contributed by atoms with Gasteiger partial charge in [0.1, 0.15) is 0 Å². The van der Waals surface area contributed by atoms with Crippen LogP contribution in [0.2, 0.25) is 0 Å². The molecule has 0 saturated heterocycles. The van der Waals surface area contributed by atoms with E-state index in [1.807, 2.05) is 0 Å². The third kappa shape index (κ3) is 2.93. The molecule has 0 aliphatic carbocycles. The molecule has 0 unspecified atom stereocenters. The van der Waals surface area contributed by atoms with Gasteiger partial charge in [0.05, 0.1) is 0 Å². The van der Waals surface area contributed by atoms with Gasteiger partial charge in [-0.15, -0.1) is 0 Å². The van der Waals surface area contributed by atoms with E-state index < -0.39 is 6.55 Å². The fourth-order valence-corrected chi connectivity index (χ4v) is 11.1. The van der Waals surface area contributed by atoms with Gasteiger partial charge in [-0.25, -0.2) is 0 Å². The van der Waals surface area contributed by atoms with Gasteiger partial charge in [-0.2, -0.15) is 0 Å². The van der Waals surface area contributed by atoms with Crippen LogP contribution in [0.4, 0.5) is 0 Å². The zero-order chi connectivity index (χ0) is 13.7. The lowest BCUT2D eigenvalue weighted by Crippen LogP contribution is -2.18. The molecule has 0 N–H and O–H groups in total. The molecule has 2 aromatic rings. The maximum Gasteiger partial charge on any atom is -0.0102 e. The Kier molecular flexibility index (Phi) is 4.77.